The Morgan fingerprint density at radius 3 is 2.74 bits per heavy atom. The molecular weight excluding hydrogens is 292 g/mol. The summed E-state index contributed by atoms with van der Waals surface area (Å²) >= 11 is 0. The molecule has 2 aliphatic heterocycles. The lowest BCUT2D eigenvalue weighted by Gasteiger charge is -2.36. The van der Waals surface area contributed by atoms with Crippen molar-refractivity contribution in [3.63, 3.8) is 0 Å². The smallest absolute Gasteiger partial charge is 0.225 e. The highest BCUT2D eigenvalue weighted by molar-refractivity contribution is 5.80. The molecule has 126 valence electrons. The number of anilines is 1. The first-order chi connectivity index (χ1) is 11.4. The molecule has 1 atom stereocenters. The lowest BCUT2D eigenvalue weighted by atomic mass is 10.2. The fourth-order valence-electron chi connectivity index (χ4n) is 2.98. The summed E-state index contributed by atoms with van der Waals surface area (Å²) in [7, 11) is 0. The van der Waals surface area contributed by atoms with Gasteiger partial charge < -0.3 is 19.9 Å². The Balaban J connectivity index is 1.55. The van der Waals surface area contributed by atoms with E-state index in [-0.39, 0.29) is 0 Å². The molecular formula is C16H26N6O. The molecule has 2 aliphatic rings. The number of ether oxygens (including phenoxy) is 1. The molecule has 3 rings (SSSR count). The summed E-state index contributed by atoms with van der Waals surface area (Å²) in [5.74, 6) is 1.81. The van der Waals surface area contributed by atoms with Crippen molar-refractivity contribution in [2.45, 2.75) is 25.9 Å². The second kappa shape index (κ2) is 8.10. The molecule has 0 aromatic carbocycles. The number of guanidine groups is 1. The van der Waals surface area contributed by atoms with Crippen LogP contribution in [0.1, 0.15) is 19.8 Å². The molecule has 0 amide bonds. The van der Waals surface area contributed by atoms with E-state index in [1.165, 1.54) is 0 Å². The molecule has 7 nitrogen and oxygen atoms in total. The second-order valence-electron chi connectivity index (χ2n) is 5.85. The van der Waals surface area contributed by atoms with E-state index in [9.17, 15) is 0 Å². The van der Waals surface area contributed by atoms with E-state index in [1.807, 2.05) is 6.07 Å². The maximum Gasteiger partial charge on any atom is 0.225 e. The largest absolute Gasteiger partial charge is 0.376 e. The van der Waals surface area contributed by atoms with Crippen LogP contribution in [0, 0.1) is 0 Å². The van der Waals surface area contributed by atoms with Crippen LogP contribution in [0.5, 0.6) is 0 Å². The van der Waals surface area contributed by atoms with Crippen molar-refractivity contribution in [2.24, 2.45) is 4.99 Å². The van der Waals surface area contributed by atoms with Crippen molar-refractivity contribution in [1.82, 2.24) is 20.2 Å². The lowest BCUT2D eigenvalue weighted by Crippen LogP contribution is -2.53. The van der Waals surface area contributed by atoms with Crippen LogP contribution in [0.3, 0.4) is 0 Å². The zero-order valence-electron chi connectivity index (χ0n) is 13.8. The van der Waals surface area contributed by atoms with Gasteiger partial charge in [0.15, 0.2) is 5.96 Å². The SMILES string of the molecule is CCNC(=NCC1CCCO1)N1CCN(c2ncccn2)CC1. The van der Waals surface area contributed by atoms with Crippen LogP contribution in [0.15, 0.2) is 23.5 Å². The zero-order valence-corrected chi connectivity index (χ0v) is 13.8. The van der Waals surface area contributed by atoms with Crippen molar-refractivity contribution in [2.75, 3.05) is 50.8 Å². The van der Waals surface area contributed by atoms with Crippen molar-refractivity contribution in [3.8, 4) is 0 Å². The first-order valence-electron chi connectivity index (χ1n) is 8.53. The van der Waals surface area contributed by atoms with Gasteiger partial charge in [0.2, 0.25) is 5.95 Å². The number of rotatable bonds is 4. The fraction of sp³-hybridized carbons (Fsp3) is 0.688. The molecule has 1 N–H and O–H groups in total. The lowest BCUT2D eigenvalue weighted by molar-refractivity contribution is 0.117. The quantitative estimate of drug-likeness (QED) is 0.653. The van der Waals surface area contributed by atoms with Gasteiger partial charge in [-0.3, -0.25) is 4.99 Å². The minimum Gasteiger partial charge on any atom is -0.376 e. The van der Waals surface area contributed by atoms with Gasteiger partial charge in [0.1, 0.15) is 0 Å². The second-order valence-corrected chi connectivity index (χ2v) is 5.85. The maximum absolute atomic E-state index is 5.67. The Hall–Kier alpha value is -1.89. The van der Waals surface area contributed by atoms with Gasteiger partial charge >= 0.3 is 0 Å². The molecule has 23 heavy (non-hydrogen) atoms. The van der Waals surface area contributed by atoms with Crippen LogP contribution < -0.4 is 10.2 Å². The van der Waals surface area contributed by atoms with E-state index >= 15 is 0 Å². The molecule has 0 radical (unpaired) electrons. The van der Waals surface area contributed by atoms with E-state index in [0.717, 1.165) is 70.6 Å². The molecule has 1 aromatic heterocycles. The Labute approximate surface area is 137 Å². The van der Waals surface area contributed by atoms with E-state index in [0.29, 0.717) is 6.10 Å². The summed E-state index contributed by atoms with van der Waals surface area (Å²) in [4.78, 5) is 18.0. The molecule has 0 bridgehead atoms. The van der Waals surface area contributed by atoms with Crippen LogP contribution >= 0.6 is 0 Å². The number of aromatic nitrogens is 2. The van der Waals surface area contributed by atoms with E-state index in [4.69, 9.17) is 9.73 Å². The Kier molecular flexibility index (Phi) is 5.63. The number of piperazine rings is 1. The summed E-state index contributed by atoms with van der Waals surface area (Å²) in [6.45, 7) is 8.30. The molecule has 1 unspecified atom stereocenters. The number of aliphatic imine (C=N–C) groups is 1. The zero-order chi connectivity index (χ0) is 15.9. The van der Waals surface area contributed by atoms with Gasteiger partial charge in [0.25, 0.3) is 0 Å². The van der Waals surface area contributed by atoms with E-state index in [1.54, 1.807) is 12.4 Å². The third kappa shape index (κ3) is 4.31. The predicted molar refractivity (Wildman–Crippen MR) is 90.8 cm³/mol. The topological polar surface area (TPSA) is 65.9 Å². The number of nitrogens with zero attached hydrogens (tertiary/aromatic N) is 5. The average Bonchev–Trinajstić information content (AvgIpc) is 3.13. The van der Waals surface area contributed by atoms with Gasteiger partial charge in [-0.15, -0.1) is 0 Å². The maximum atomic E-state index is 5.67. The predicted octanol–water partition coefficient (Wildman–Crippen LogP) is 0.743. The standard InChI is InChI=1S/C16H26N6O/c1-2-17-15(20-13-14-5-3-12-23-14)21-8-10-22(11-9-21)16-18-6-4-7-19-16/h4,6-7,14H,2-3,5,8-13H2,1H3,(H,17,20). The average molecular weight is 318 g/mol. The van der Waals surface area contributed by atoms with Crippen molar-refractivity contribution in [1.29, 1.82) is 0 Å². The number of hydrogen-bond acceptors (Lipinski definition) is 5. The molecule has 2 fully saturated rings. The highest BCUT2D eigenvalue weighted by Crippen LogP contribution is 2.13. The van der Waals surface area contributed by atoms with Gasteiger partial charge in [-0.1, -0.05) is 0 Å². The van der Waals surface area contributed by atoms with E-state index in [2.05, 4.69) is 32.0 Å². The summed E-state index contributed by atoms with van der Waals surface area (Å²) in [6, 6.07) is 1.85. The third-order valence-electron chi connectivity index (χ3n) is 4.22. The first kappa shape index (κ1) is 16.0. The van der Waals surface area contributed by atoms with Crippen molar-refractivity contribution >= 4 is 11.9 Å². The first-order valence-corrected chi connectivity index (χ1v) is 8.53. The highest BCUT2D eigenvalue weighted by Gasteiger charge is 2.22. The van der Waals surface area contributed by atoms with Crippen LogP contribution in [0.2, 0.25) is 0 Å². The summed E-state index contributed by atoms with van der Waals surface area (Å²) in [6.07, 6.45) is 6.17. The summed E-state index contributed by atoms with van der Waals surface area (Å²) < 4.78 is 5.67. The molecule has 2 saturated heterocycles. The fourth-order valence-corrected chi connectivity index (χ4v) is 2.98. The molecule has 0 aliphatic carbocycles. The molecule has 0 saturated carbocycles. The highest BCUT2D eigenvalue weighted by atomic mass is 16.5. The molecule has 7 heteroatoms. The third-order valence-corrected chi connectivity index (χ3v) is 4.22. The van der Waals surface area contributed by atoms with Crippen LogP contribution in [-0.2, 0) is 4.74 Å². The van der Waals surface area contributed by atoms with Gasteiger partial charge in [0.05, 0.1) is 12.6 Å². The van der Waals surface area contributed by atoms with Gasteiger partial charge in [-0.25, -0.2) is 9.97 Å². The summed E-state index contributed by atoms with van der Waals surface area (Å²) in [5, 5.41) is 3.40. The number of hydrogen-bond donors (Lipinski definition) is 1. The Morgan fingerprint density at radius 1 is 1.30 bits per heavy atom. The Bertz CT molecular complexity index is 495. The minimum atomic E-state index is 0.294. The Morgan fingerprint density at radius 2 is 2.09 bits per heavy atom. The van der Waals surface area contributed by atoms with E-state index < -0.39 is 0 Å². The van der Waals surface area contributed by atoms with Crippen LogP contribution in [0.25, 0.3) is 0 Å². The van der Waals surface area contributed by atoms with Crippen molar-refractivity contribution < 1.29 is 4.74 Å². The van der Waals surface area contributed by atoms with Gasteiger partial charge in [-0.2, -0.15) is 0 Å². The van der Waals surface area contributed by atoms with Crippen LogP contribution in [0.4, 0.5) is 5.95 Å². The van der Waals surface area contributed by atoms with Crippen molar-refractivity contribution in [3.05, 3.63) is 18.5 Å². The van der Waals surface area contributed by atoms with Gasteiger partial charge in [-0.05, 0) is 25.8 Å². The normalized spacial score (nSPS) is 22.5. The summed E-state index contributed by atoms with van der Waals surface area (Å²) in [5.41, 5.74) is 0. The monoisotopic (exact) mass is 318 g/mol. The molecule has 3 heterocycles. The molecule has 0 spiro atoms. The molecule has 1 aromatic rings. The minimum absolute atomic E-state index is 0.294. The van der Waals surface area contributed by atoms with Gasteiger partial charge in [0, 0.05) is 51.7 Å². The number of nitrogens with one attached hydrogen (secondary N) is 1. The van der Waals surface area contributed by atoms with Crippen LogP contribution in [-0.4, -0.2) is 72.8 Å².